The fraction of sp³-hybridized carbons (Fsp3) is 0.438. The van der Waals surface area contributed by atoms with Crippen LogP contribution in [-0.4, -0.2) is 36.1 Å². The lowest BCUT2D eigenvalue weighted by Crippen LogP contribution is -2.43. The topological polar surface area (TPSA) is 92.7 Å². The molecule has 0 bridgehead atoms. The lowest BCUT2D eigenvalue weighted by molar-refractivity contribution is -0.145. The first-order valence-electron chi connectivity index (χ1n) is 7.16. The van der Waals surface area contributed by atoms with Crippen LogP contribution in [0.3, 0.4) is 0 Å². The maximum atomic E-state index is 11.8. The van der Waals surface area contributed by atoms with E-state index in [0.29, 0.717) is 19.3 Å². The van der Waals surface area contributed by atoms with Crippen molar-refractivity contribution in [3.63, 3.8) is 0 Å². The number of carboxylic acid groups (broad SMARTS) is 1. The molecule has 0 aliphatic carbocycles. The van der Waals surface area contributed by atoms with Crippen LogP contribution in [0.15, 0.2) is 30.3 Å². The third-order valence-corrected chi connectivity index (χ3v) is 3.15. The lowest BCUT2D eigenvalue weighted by atomic mass is 10.1. The Bertz CT molecular complexity index is 501. The van der Waals surface area contributed by atoms with Crippen molar-refractivity contribution >= 4 is 17.8 Å². The number of unbranched alkanes of at least 4 members (excludes halogenated alkanes) is 1. The maximum absolute atomic E-state index is 11.8. The molecule has 0 heterocycles. The second kappa shape index (κ2) is 9.55. The zero-order valence-corrected chi connectivity index (χ0v) is 12.6. The molecule has 0 fully saturated rings. The second-order valence-electron chi connectivity index (χ2n) is 4.93. The minimum Gasteiger partial charge on any atom is -0.481 e. The molecule has 0 spiro atoms. The van der Waals surface area contributed by atoms with Gasteiger partial charge in [-0.25, -0.2) is 4.79 Å². The molecule has 1 aromatic carbocycles. The molecule has 0 radical (unpaired) electrons. The van der Waals surface area contributed by atoms with Gasteiger partial charge in [-0.2, -0.15) is 0 Å². The first kappa shape index (κ1) is 17.7. The first-order valence-corrected chi connectivity index (χ1v) is 7.16. The Kier molecular flexibility index (Phi) is 7.67. The van der Waals surface area contributed by atoms with Gasteiger partial charge in [0, 0.05) is 19.3 Å². The number of carboxylic acids is 1. The van der Waals surface area contributed by atoms with E-state index in [1.165, 1.54) is 7.11 Å². The molecule has 0 saturated carbocycles. The molecule has 1 atom stereocenters. The molecular weight excluding hydrogens is 286 g/mol. The van der Waals surface area contributed by atoms with E-state index < -0.39 is 18.0 Å². The molecule has 1 aromatic rings. The van der Waals surface area contributed by atoms with Gasteiger partial charge < -0.3 is 15.2 Å². The summed E-state index contributed by atoms with van der Waals surface area (Å²) in [6, 6.07) is 8.59. The summed E-state index contributed by atoms with van der Waals surface area (Å²) in [7, 11) is 1.28. The van der Waals surface area contributed by atoms with E-state index in [4.69, 9.17) is 9.84 Å². The largest absolute Gasteiger partial charge is 0.481 e. The van der Waals surface area contributed by atoms with Crippen LogP contribution in [0.4, 0.5) is 0 Å². The van der Waals surface area contributed by atoms with E-state index >= 15 is 0 Å². The molecule has 6 nitrogen and oxygen atoms in total. The Hall–Kier alpha value is -2.37. The highest BCUT2D eigenvalue weighted by molar-refractivity contribution is 5.84. The van der Waals surface area contributed by atoms with Crippen molar-refractivity contribution < 1.29 is 24.2 Å². The number of ether oxygens (including phenoxy) is 1. The van der Waals surface area contributed by atoms with Gasteiger partial charge in [0.25, 0.3) is 0 Å². The molecule has 0 aliphatic heterocycles. The average Bonchev–Trinajstić information content (AvgIpc) is 2.51. The highest BCUT2D eigenvalue weighted by atomic mass is 16.5. The van der Waals surface area contributed by atoms with Gasteiger partial charge >= 0.3 is 11.9 Å². The van der Waals surface area contributed by atoms with E-state index in [-0.39, 0.29) is 18.7 Å². The van der Waals surface area contributed by atoms with Gasteiger partial charge in [0.1, 0.15) is 6.04 Å². The van der Waals surface area contributed by atoms with Gasteiger partial charge in [0.15, 0.2) is 0 Å². The van der Waals surface area contributed by atoms with Crippen LogP contribution in [-0.2, 0) is 25.5 Å². The van der Waals surface area contributed by atoms with Crippen molar-refractivity contribution in [2.75, 3.05) is 7.11 Å². The molecule has 1 unspecified atom stereocenters. The van der Waals surface area contributed by atoms with E-state index in [1.54, 1.807) is 0 Å². The third kappa shape index (κ3) is 6.88. The highest BCUT2D eigenvalue weighted by Crippen LogP contribution is 2.06. The minimum absolute atomic E-state index is 0.0394. The monoisotopic (exact) mass is 307 g/mol. The number of hydrogen-bond donors (Lipinski definition) is 2. The first-order chi connectivity index (χ1) is 10.5. The van der Waals surface area contributed by atoms with Crippen molar-refractivity contribution in [1.29, 1.82) is 0 Å². The van der Waals surface area contributed by atoms with E-state index in [0.717, 1.165) is 5.56 Å². The molecular formula is C16H21NO5. The number of rotatable bonds is 9. The number of benzene rings is 1. The standard InChI is InChI=1S/C16H21NO5/c1-22-16(21)13(11-12-7-3-2-4-8-12)17-14(18)9-5-6-10-15(19)20/h2-4,7-8,13H,5-6,9-11H2,1H3,(H,17,18)(H,19,20). The summed E-state index contributed by atoms with van der Waals surface area (Å²) >= 11 is 0. The van der Waals surface area contributed by atoms with E-state index in [2.05, 4.69) is 5.32 Å². The smallest absolute Gasteiger partial charge is 0.328 e. The predicted octanol–water partition coefficient (Wildman–Crippen LogP) is 1.53. The van der Waals surface area contributed by atoms with Crippen LogP contribution in [0, 0.1) is 0 Å². The summed E-state index contributed by atoms with van der Waals surface area (Å²) in [5, 5.41) is 11.2. The Morgan fingerprint density at radius 3 is 2.36 bits per heavy atom. The van der Waals surface area contributed by atoms with Crippen molar-refractivity contribution in [2.24, 2.45) is 0 Å². The Labute approximate surface area is 129 Å². The summed E-state index contributed by atoms with van der Waals surface area (Å²) < 4.78 is 4.71. The van der Waals surface area contributed by atoms with Gasteiger partial charge in [-0.15, -0.1) is 0 Å². The zero-order valence-electron chi connectivity index (χ0n) is 12.6. The van der Waals surface area contributed by atoms with Gasteiger partial charge in [0.05, 0.1) is 7.11 Å². The van der Waals surface area contributed by atoms with Crippen LogP contribution in [0.25, 0.3) is 0 Å². The predicted molar refractivity (Wildman–Crippen MR) is 80.2 cm³/mol. The molecule has 6 heteroatoms. The second-order valence-corrected chi connectivity index (χ2v) is 4.93. The van der Waals surface area contributed by atoms with Crippen LogP contribution in [0.1, 0.15) is 31.2 Å². The van der Waals surface area contributed by atoms with E-state index in [9.17, 15) is 14.4 Å². The number of carbonyl (C=O) groups excluding carboxylic acids is 2. The van der Waals surface area contributed by atoms with Gasteiger partial charge in [0.2, 0.25) is 5.91 Å². The molecule has 0 aromatic heterocycles. The number of carbonyl (C=O) groups is 3. The summed E-state index contributed by atoms with van der Waals surface area (Å²) in [6.07, 6.45) is 1.49. The molecule has 2 N–H and O–H groups in total. The normalized spacial score (nSPS) is 11.5. The quantitative estimate of drug-likeness (QED) is 0.533. The third-order valence-electron chi connectivity index (χ3n) is 3.15. The Morgan fingerprint density at radius 1 is 1.14 bits per heavy atom. The van der Waals surface area contributed by atoms with Gasteiger partial charge in [-0.05, 0) is 18.4 Å². The molecule has 0 aliphatic rings. The van der Waals surface area contributed by atoms with Gasteiger partial charge in [-0.1, -0.05) is 30.3 Å². The average molecular weight is 307 g/mol. The molecule has 22 heavy (non-hydrogen) atoms. The molecule has 1 rings (SSSR count). The van der Waals surface area contributed by atoms with Crippen LogP contribution in [0.5, 0.6) is 0 Å². The SMILES string of the molecule is COC(=O)C(Cc1ccccc1)NC(=O)CCCCC(=O)O. The fourth-order valence-electron chi connectivity index (χ4n) is 2.01. The van der Waals surface area contributed by atoms with Gasteiger partial charge in [-0.3, -0.25) is 9.59 Å². The molecule has 0 saturated heterocycles. The number of nitrogens with one attached hydrogen (secondary N) is 1. The Morgan fingerprint density at radius 2 is 1.77 bits per heavy atom. The number of hydrogen-bond acceptors (Lipinski definition) is 4. The summed E-state index contributed by atoms with van der Waals surface area (Å²) in [5.74, 6) is -1.66. The minimum atomic E-state index is -0.878. The highest BCUT2D eigenvalue weighted by Gasteiger charge is 2.21. The zero-order chi connectivity index (χ0) is 16.4. The number of methoxy groups -OCH3 is 1. The van der Waals surface area contributed by atoms with Crippen molar-refractivity contribution in [3.05, 3.63) is 35.9 Å². The summed E-state index contributed by atoms with van der Waals surface area (Å²) in [6.45, 7) is 0. The lowest BCUT2D eigenvalue weighted by Gasteiger charge is -2.16. The van der Waals surface area contributed by atoms with Crippen LogP contribution >= 0.6 is 0 Å². The Balaban J connectivity index is 2.49. The summed E-state index contributed by atoms with van der Waals surface area (Å²) in [4.78, 5) is 34.0. The molecule has 120 valence electrons. The van der Waals surface area contributed by atoms with E-state index in [1.807, 2.05) is 30.3 Å². The van der Waals surface area contributed by atoms with Crippen molar-refractivity contribution in [3.8, 4) is 0 Å². The molecule has 1 amide bonds. The summed E-state index contributed by atoms with van der Waals surface area (Å²) in [5.41, 5.74) is 0.920. The number of aliphatic carboxylic acids is 1. The van der Waals surface area contributed by atoms with Crippen LogP contribution < -0.4 is 5.32 Å². The van der Waals surface area contributed by atoms with Crippen LogP contribution in [0.2, 0.25) is 0 Å². The number of amides is 1. The number of esters is 1. The van der Waals surface area contributed by atoms with Crippen molar-refractivity contribution in [1.82, 2.24) is 5.32 Å². The van der Waals surface area contributed by atoms with Crippen molar-refractivity contribution in [2.45, 2.75) is 38.1 Å². The maximum Gasteiger partial charge on any atom is 0.328 e. The fourth-order valence-corrected chi connectivity index (χ4v) is 2.01.